The number of para-hydroxylation sites is 1. The third-order valence-corrected chi connectivity index (χ3v) is 8.42. The van der Waals surface area contributed by atoms with Crippen molar-refractivity contribution >= 4 is 32.8 Å². The maximum absolute atomic E-state index is 12.0. The van der Waals surface area contributed by atoms with Crippen molar-refractivity contribution in [1.29, 1.82) is 0 Å². The summed E-state index contributed by atoms with van der Waals surface area (Å²) in [6, 6.07) is 26.9. The summed E-state index contributed by atoms with van der Waals surface area (Å²) in [5.41, 5.74) is 4.69. The molecule has 0 radical (unpaired) electrons. The van der Waals surface area contributed by atoms with Gasteiger partial charge < -0.3 is 0 Å². The van der Waals surface area contributed by atoms with Gasteiger partial charge >= 0.3 is 0 Å². The number of rotatable bonds is 8. The van der Waals surface area contributed by atoms with E-state index in [1.54, 1.807) is 29.5 Å². The van der Waals surface area contributed by atoms with E-state index >= 15 is 0 Å². The van der Waals surface area contributed by atoms with E-state index in [4.69, 9.17) is 16.7 Å². The van der Waals surface area contributed by atoms with Crippen molar-refractivity contribution in [2.24, 2.45) is 0 Å². The lowest BCUT2D eigenvalue weighted by atomic mass is 10.1. The van der Waals surface area contributed by atoms with Crippen molar-refractivity contribution in [3.8, 4) is 26.7 Å². The van der Waals surface area contributed by atoms with Gasteiger partial charge in [0.15, 0.2) is 9.84 Å². The molecule has 0 saturated heterocycles. The van der Waals surface area contributed by atoms with Gasteiger partial charge in [-0.1, -0.05) is 41.9 Å². The minimum Gasteiger partial charge on any atom is -0.261 e. The smallest absolute Gasteiger partial charge is 0.175 e. The summed E-state index contributed by atoms with van der Waals surface area (Å²) in [5.74, 6) is 0. The van der Waals surface area contributed by atoms with Gasteiger partial charge in [-0.25, -0.2) is 13.1 Å². The molecule has 182 valence electrons. The summed E-state index contributed by atoms with van der Waals surface area (Å²) < 4.78 is 26.0. The molecule has 5 rings (SSSR count). The Morgan fingerprint density at radius 2 is 1.64 bits per heavy atom. The van der Waals surface area contributed by atoms with Crippen molar-refractivity contribution in [3.63, 3.8) is 0 Å². The predicted octanol–water partition coefficient (Wildman–Crippen LogP) is 6.90. The largest absolute Gasteiger partial charge is 0.261 e. The number of sulfone groups is 1. The third-order valence-electron chi connectivity index (χ3n) is 5.84. The minimum atomic E-state index is -3.28. The molecule has 0 N–H and O–H groups in total. The molecule has 0 bridgehead atoms. The van der Waals surface area contributed by atoms with Crippen molar-refractivity contribution < 1.29 is 8.42 Å². The van der Waals surface area contributed by atoms with Crippen LogP contribution in [0.25, 0.3) is 26.7 Å². The highest BCUT2D eigenvalue weighted by Gasteiger charge is 2.17. The van der Waals surface area contributed by atoms with E-state index in [2.05, 4.69) is 17.1 Å². The van der Waals surface area contributed by atoms with E-state index in [0.717, 1.165) is 57.3 Å². The quantitative estimate of drug-likeness (QED) is 0.218. The van der Waals surface area contributed by atoms with Crippen LogP contribution < -0.4 is 0 Å². The molecule has 0 aliphatic carbocycles. The Hall–Kier alpha value is -3.26. The molecule has 8 heteroatoms. The summed E-state index contributed by atoms with van der Waals surface area (Å²) in [5, 5.41) is 5.54. The van der Waals surface area contributed by atoms with Crippen molar-refractivity contribution in [2.45, 2.75) is 24.2 Å². The van der Waals surface area contributed by atoms with Gasteiger partial charge in [0.25, 0.3) is 0 Å². The zero-order valence-corrected chi connectivity index (χ0v) is 22.0. The van der Waals surface area contributed by atoms with Crippen LogP contribution in [0, 0.1) is 0 Å². The second-order valence-electron chi connectivity index (χ2n) is 8.52. The normalized spacial score (nSPS) is 11.6. The second kappa shape index (κ2) is 10.4. The van der Waals surface area contributed by atoms with E-state index in [-0.39, 0.29) is 0 Å². The molecule has 0 unspecified atom stereocenters. The lowest BCUT2D eigenvalue weighted by Gasteiger charge is -2.08. The lowest BCUT2D eigenvalue weighted by Crippen LogP contribution is -2.00. The van der Waals surface area contributed by atoms with E-state index in [0.29, 0.717) is 9.92 Å². The molecule has 3 aromatic heterocycles. The fourth-order valence-corrected chi connectivity index (χ4v) is 5.93. The SMILES string of the molecule is CS(=O)(=O)c1cccc(-c2ccc(-c3cc(CCCc4ccccn4)nn3-c3ccccc3Cl)s2)c1. The van der Waals surface area contributed by atoms with Crippen LogP contribution in [0.5, 0.6) is 0 Å². The maximum atomic E-state index is 12.0. The molecule has 0 spiro atoms. The summed E-state index contributed by atoms with van der Waals surface area (Å²) in [6.45, 7) is 0. The van der Waals surface area contributed by atoms with Gasteiger partial charge in [-0.15, -0.1) is 11.3 Å². The molecule has 36 heavy (non-hydrogen) atoms. The molecule has 0 amide bonds. The molecule has 0 fully saturated rings. The fourth-order valence-electron chi connectivity index (χ4n) is 4.04. The van der Waals surface area contributed by atoms with Crippen molar-refractivity contribution in [1.82, 2.24) is 14.8 Å². The Bertz CT molecular complexity index is 1610. The van der Waals surface area contributed by atoms with Crippen molar-refractivity contribution in [3.05, 3.63) is 108 Å². The summed E-state index contributed by atoms with van der Waals surface area (Å²) in [4.78, 5) is 6.74. The highest BCUT2D eigenvalue weighted by Crippen LogP contribution is 2.37. The van der Waals surface area contributed by atoms with Crippen LogP contribution in [-0.4, -0.2) is 29.4 Å². The first-order chi connectivity index (χ1) is 17.4. The van der Waals surface area contributed by atoms with Gasteiger partial charge in [0.1, 0.15) is 0 Å². The Morgan fingerprint density at radius 3 is 2.42 bits per heavy atom. The van der Waals surface area contributed by atoms with Gasteiger partial charge in [-0.05, 0) is 79.4 Å². The molecule has 3 heterocycles. The van der Waals surface area contributed by atoms with Crippen LogP contribution in [0.2, 0.25) is 5.02 Å². The Labute approximate surface area is 220 Å². The number of thiophene rings is 1. The van der Waals surface area contributed by atoms with Crippen LogP contribution in [0.1, 0.15) is 17.8 Å². The molecule has 5 nitrogen and oxygen atoms in total. The lowest BCUT2D eigenvalue weighted by molar-refractivity contribution is 0.602. The molecule has 2 aromatic carbocycles. The Balaban J connectivity index is 1.48. The van der Waals surface area contributed by atoms with Gasteiger partial charge in [-0.2, -0.15) is 5.10 Å². The highest BCUT2D eigenvalue weighted by molar-refractivity contribution is 7.90. The van der Waals surface area contributed by atoms with Crippen molar-refractivity contribution in [2.75, 3.05) is 6.26 Å². The van der Waals surface area contributed by atoms with Crippen LogP contribution in [-0.2, 0) is 22.7 Å². The second-order valence-corrected chi connectivity index (χ2v) is 12.0. The zero-order valence-electron chi connectivity index (χ0n) is 19.6. The standard InChI is InChI=1S/C28H24ClN3O2S2/c1-36(33,34)23-12-6-8-20(18-23)27-15-16-28(35-27)26-19-22(11-7-10-21-9-4-5-17-30-21)31-32(26)25-14-3-2-13-24(25)29/h2-6,8-9,12-19H,7,10-11H2,1H3. The zero-order chi connectivity index (χ0) is 25.1. The molecule has 0 aliphatic rings. The van der Waals surface area contributed by atoms with Crippen LogP contribution >= 0.6 is 22.9 Å². The van der Waals surface area contributed by atoms with Crippen LogP contribution in [0.3, 0.4) is 0 Å². The van der Waals surface area contributed by atoms with Gasteiger partial charge in [0.05, 0.1) is 31.9 Å². The average Bonchev–Trinajstić information content (AvgIpc) is 3.52. The van der Waals surface area contributed by atoms with E-state index in [9.17, 15) is 8.42 Å². The van der Waals surface area contributed by atoms with Crippen LogP contribution in [0.4, 0.5) is 0 Å². The van der Waals surface area contributed by atoms with E-state index in [1.165, 1.54) is 6.26 Å². The molecule has 0 atom stereocenters. The predicted molar refractivity (Wildman–Crippen MR) is 147 cm³/mol. The number of hydrogen-bond acceptors (Lipinski definition) is 5. The number of nitrogens with zero attached hydrogens (tertiary/aromatic N) is 3. The van der Waals surface area contributed by atoms with E-state index < -0.39 is 9.84 Å². The van der Waals surface area contributed by atoms with Gasteiger partial charge in [-0.3, -0.25) is 4.98 Å². The summed E-state index contributed by atoms with van der Waals surface area (Å²) in [6.07, 6.45) is 5.68. The monoisotopic (exact) mass is 533 g/mol. The first-order valence-corrected chi connectivity index (χ1v) is 14.6. The molecular formula is C28H24ClN3O2S2. The fraction of sp³-hybridized carbons (Fsp3) is 0.143. The number of hydrogen-bond donors (Lipinski definition) is 0. The minimum absolute atomic E-state index is 0.311. The molecule has 0 aliphatic heterocycles. The number of halogens is 1. The molecular weight excluding hydrogens is 510 g/mol. The first-order valence-electron chi connectivity index (χ1n) is 11.5. The molecule has 0 saturated carbocycles. The third kappa shape index (κ3) is 5.43. The Kier molecular flexibility index (Phi) is 7.05. The Morgan fingerprint density at radius 1 is 0.861 bits per heavy atom. The number of pyridine rings is 1. The maximum Gasteiger partial charge on any atom is 0.175 e. The van der Waals surface area contributed by atoms with E-state index in [1.807, 2.05) is 65.5 Å². The van der Waals surface area contributed by atoms with Gasteiger partial charge in [0, 0.05) is 23.0 Å². The summed E-state index contributed by atoms with van der Waals surface area (Å²) in [7, 11) is -3.28. The average molecular weight is 534 g/mol. The number of aryl methyl sites for hydroxylation is 2. The first kappa shape index (κ1) is 24.4. The summed E-state index contributed by atoms with van der Waals surface area (Å²) >= 11 is 8.15. The molecule has 5 aromatic rings. The van der Waals surface area contributed by atoms with Gasteiger partial charge in [0.2, 0.25) is 0 Å². The highest BCUT2D eigenvalue weighted by atomic mass is 35.5. The topological polar surface area (TPSA) is 64.8 Å². The van der Waals surface area contributed by atoms with Crippen LogP contribution in [0.15, 0.2) is 96.0 Å². The number of aromatic nitrogens is 3. The number of benzene rings is 2.